The summed E-state index contributed by atoms with van der Waals surface area (Å²) in [5.74, 6) is -0.393. The van der Waals surface area contributed by atoms with Crippen molar-refractivity contribution in [1.29, 1.82) is 0 Å². The molecule has 1 aliphatic heterocycles. The lowest BCUT2D eigenvalue weighted by molar-refractivity contribution is -0.0523. The molecule has 104 valence electrons. The highest BCUT2D eigenvalue weighted by molar-refractivity contribution is 7.87. The van der Waals surface area contributed by atoms with Crippen LogP contribution in [-0.2, 0) is 14.3 Å². The van der Waals surface area contributed by atoms with E-state index in [9.17, 15) is 26.4 Å². The molecule has 0 saturated heterocycles. The third kappa shape index (κ3) is 3.52. The number of amides is 1. The Bertz CT molecular complexity index is 456. The summed E-state index contributed by atoms with van der Waals surface area (Å²) in [7, 11) is -5.69. The first kappa shape index (κ1) is 14.6. The summed E-state index contributed by atoms with van der Waals surface area (Å²) in [6.45, 7) is -0.0389. The van der Waals surface area contributed by atoms with E-state index in [0.29, 0.717) is 0 Å². The smallest absolute Gasteiger partial charge is 0.465 e. The van der Waals surface area contributed by atoms with Crippen LogP contribution in [0.1, 0.15) is 12.8 Å². The molecule has 0 aromatic rings. The molecule has 0 atom stereocenters. The first-order chi connectivity index (χ1) is 8.13. The number of halogens is 3. The Morgan fingerprint density at radius 3 is 2.50 bits per heavy atom. The van der Waals surface area contributed by atoms with Crippen LogP contribution >= 0.6 is 0 Å². The van der Waals surface area contributed by atoms with Gasteiger partial charge in [-0.1, -0.05) is 0 Å². The maximum Gasteiger partial charge on any atom is 0.534 e. The zero-order chi connectivity index (χ0) is 14.0. The first-order valence-corrected chi connectivity index (χ1v) is 6.22. The van der Waals surface area contributed by atoms with Crippen molar-refractivity contribution >= 4 is 16.2 Å². The van der Waals surface area contributed by atoms with E-state index in [0.717, 1.165) is 11.0 Å². The molecular formula is C8H10F3NO5S. The molecule has 0 aromatic carbocycles. The van der Waals surface area contributed by atoms with Crippen LogP contribution in [0, 0.1) is 0 Å². The summed E-state index contributed by atoms with van der Waals surface area (Å²) in [4.78, 5) is 11.6. The van der Waals surface area contributed by atoms with Crippen molar-refractivity contribution in [2.45, 2.75) is 18.3 Å². The molecule has 6 nitrogen and oxygen atoms in total. The van der Waals surface area contributed by atoms with Gasteiger partial charge in [-0.15, -0.1) is 0 Å². The summed E-state index contributed by atoms with van der Waals surface area (Å²) in [5, 5.41) is 8.68. The second-order valence-electron chi connectivity index (χ2n) is 3.46. The van der Waals surface area contributed by atoms with Gasteiger partial charge in [0.15, 0.2) is 0 Å². The van der Waals surface area contributed by atoms with Gasteiger partial charge in [-0.3, -0.25) is 0 Å². The lowest BCUT2D eigenvalue weighted by atomic mass is 10.3. The van der Waals surface area contributed by atoms with Crippen molar-refractivity contribution in [2.24, 2.45) is 0 Å². The molecular weight excluding hydrogens is 279 g/mol. The molecule has 0 aromatic heterocycles. The molecule has 1 heterocycles. The Hall–Kier alpha value is -1.45. The zero-order valence-electron chi connectivity index (χ0n) is 8.98. The van der Waals surface area contributed by atoms with E-state index in [-0.39, 0.29) is 25.9 Å². The van der Waals surface area contributed by atoms with Gasteiger partial charge < -0.3 is 14.2 Å². The number of alkyl halides is 3. The Morgan fingerprint density at radius 2 is 2.00 bits per heavy atom. The minimum atomic E-state index is -5.69. The van der Waals surface area contributed by atoms with Crippen molar-refractivity contribution in [3.63, 3.8) is 0 Å². The molecule has 1 rings (SSSR count). The van der Waals surface area contributed by atoms with Crippen molar-refractivity contribution in [2.75, 3.05) is 13.1 Å². The summed E-state index contributed by atoms with van der Waals surface area (Å²) < 4.78 is 61.6. The Morgan fingerprint density at radius 1 is 1.39 bits per heavy atom. The largest absolute Gasteiger partial charge is 0.534 e. The van der Waals surface area contributed by atoms with E-state index in [1.807, 2.05) is 0 Å². The lowest BCUT2D eigenvalue weighted by Crippen LogP contribution is -2.30. The van der Waals surface area contributed by atoms with Crippen molar-refractivity contribution in [3.05, 3.63) is 11.8 Å². The molecule has 0 aliphatic carbocycles. The van der Waals surface area contributed by atoms with Crippen LogP contribution < -0.4 is 0 Å². The Kier molecular flexibility index (Phi) is 4.09. The molecule has 0 unspecified atom stereocenters. The molecule has 18 heavy (non-hydrogen) atoms. The average Bonchev–Trinajstić information content (AvgIpc) is 2.40. The van der Waals surface area contributed by atoms with Crippen LogP contribution in [0.15, 0.2) is 11.8 Å². The van der Waals surface area contributed by atoms with E-state index in [1.54, 1.807) is 0 Å². The zero-order valence-corrected chi connectivity index (χ0v) is 9.79. The maximum absolute atomic E-state index is 12.1. The van der Waals surface area contributed by atoms with Crippen molar-refractivity contribution < 1.29 is 35.7 Å². The van der Waals surface area contributed by atoms with Gasteiger partial charge in [0, 0.05) is 19.5 Å². The highest BCUT2D eigenvalue weighted by Gasteiger charge is 2.48. The van der Waals surface area contributed by atoms with Gasteiger partial charge in [0.25, 0.3) is 0 Å². The third-order valence-electron chi connectivity index (χ3n) is 2.17. The van der Waals surface area contributed by atoms with Crippen molar-refractivity contribution in [3.8, 4) is 0 Å². The lowest BCUT2D eigenvalue weighted by Gasteiger charge is -2.16. The van der Waals surface area contributed by atoms with Gasteiger partial charge >= 0.3 is 21.7 Å². The molecule has 10 heteroatoms. The maximum atomic E-state index is 12.1. The molecule has 0 bridgehead atoms. The summed E-state index contributed by atoms with van der Waals surface area (Å²) >= 11 is 0. The molecule has 0 saturated carbocycles. The number of hydrogen-bond donors (Lipinski definition) is 1. The van der Waals surface area contributed by atoms with Gasteiger partial charge in [0.2, 0.25) is 0 Å². The van der Waals surface area contributed by atoms with Gasteiger partial charge in [0.05, 0.1) is 0 Å². The number of nitrogens with zero attached hydrogens (tertiary/aromatic N) is 1. The van der Waals surface area contributed by atoms with Gasteiger partial charge in [-0.05, 0) is 12.5 Å². The first-order valence-electron chi connectivity index (χ1n) is 4.81. The predicted octanol–water partition coefficient (Wildman–Crippen LogP) is 1.51. The normalized spacial score (nSPS) is 17.9. The highest BCUT2D eigenvalue weighted by Crippen LogP contribution is 2.28. The fourth-order valence-corrected chi connectivity index (χ4v) is 1.82. The molecule has 0 fully saturated rings. The van der Waals surface area contributed by atoms with E-state index >= 15 is 0 Å². The van der Waals surface area contributed by atoms with E-state index < -0.39 is 27.5 Å². The fraction of sp³-hybridized carbons (Fsp3) is 0.625. The van der Waals surface area contributed by atoms with E-state index in [4.69, 9.17) is 5.11 Å². The number of hydrogen-bond acceptors (Lipinski definition) is 4. The predicted molar refractivity (Wildman–Crippen MR) is 53.0 cm³/mol. The summed E-state index contributed by atoms with van der Waals surface area (Å²) in [6.07, 6.45) is -0.202. The summed E-state index contributed by atoms with van der Waals surface area (Å²) in [6, 6.07) is 0. The van der Waals surface area contributed by atoms with E-state index in [2.05, 4.69) is 4.18 Å². The van der Waals surface area contributed by atoms with Crippen LogP contribution in [0.5, 0.6) is 0 Å². The number of carboxylic acid groups (broad SMARTS) is 1. The molecule has 1 aliphatic rings. The molecule has 1 N–H and O–H groups in total. The van der Waals surface area contributed by atoms with Crippen molar-refractivity contribution in [1.82, 2.24) is 4.90 Å². The monoisotopic (exact) mass is 289 g/mol. The molecule has 0 radical (unpaired) electrons. The minimum absolute atomic E-state index is 0.0776. The van der Waals surface area contributed by atoms with Gasteiger partial charge in [0.1, 0.15) is 5.76 Å². The highest BCUT2D eigenvalue weighted by atomic mass is 32.2. The Labute approximate surface area is 101 Å². The molecule has 1 amide bonds. The average molecular weight is 289 g/mol. The Balaban J connectivity index is 2.71. The fourth-order valence-electron chi connectivity index (χ4n) is 1.30. The SMILES string of the molecule is O=C(O)N1CCC=C(OS(=O)(=O)C(F)(F)F)CC1. The number of rotatable bonds is 2. The van der Waals surface area contributed by atoms with Crippen LogP contribution in [0.2, 0.25) is 0 Å². The molecule has 0 spiro atoms. The van der Waals surface area contributed by atoms with Crippen LogP contribution in [0.25, 0.3) is 0 Å². The van der Waals surface area contributed by atoms with E-state index in [1.165, 1.54) is 0 Å². The topological polar surface area (TPSA) is 83.9 Å². The van der Waals surface area contributed by atoms with Crippen LogP contribution in [-0.4, -0.2) is 43.1 Å². The van der Waals surface area contributed by atoms with Crippen LogP contribution in [0.4, 0.5) is 18.0 Å². The third-order valence-corrected chi connectivity index (χ3v) is 3.17. The number of carbonyl (C=O) groups is 1. The van der Waals surface area contributed by atoms with Gasteiger partial charge in [-0.25, -0.2) is 4.79 Å². The minimum Gasteiger partial charge on any atom is -0.465 e. The second-order valence-corrected chi connectivity index (χ2v) is 5.00. The quantitative estimate of drug-likeness (QED) is 0.615. The van der Waals surface area contributed by atoms with Crippen LogP contribution in [0.3, 0.4) is 0 Å². The summed E-state index contributed by atoms with van der Waals surface area (Å²) in [5.41, 5.74) is -5.49. The standard InChI is InChI=1S/C8H10F3NO5S/c9-8(10,11)18(15,16)17-6-2-1-4-12(5-3-6)7(13)14/h2H,1,3-5H2,(H,13,14). The second kappa shape index (κ2) is 5.04. The van der Waals surface area contributed by atoms with Gasteiger partial charge in [-0.2, -0.15) is 21.6 Å².